The van der Waals surface area contributed by atoms with E-state index in [1.54, 1.807) is 6.33 Å². The number of hydrogen-bond donors (Lipinski definition) is 4. The number of H-pyrrole nitrogens is 1. The summed E-state index contributed by atoms with van der Waals surface area (Å²) in [4.78, 5) is 40.4. The lowest BCUT2D eigenvalue weighted by Gasteiger charge is -2.37. The van der Waals surface area contributed by atoms with Gasteiger partial charge in [-0.3, -0.25) is 9.40 Å². The number of nitrogens with zero attached hydrogens (tertiary/aromatic N) is 6. The minimum Gasteiger partial charge on any atom is -0.475 e. The van der Waals surface area contributed by atoms with Crippen molar-refractivity contribution in [1.29, 1.82) is 0 Å². The van der Waals surface area contributed by atoms with Crippen LogP contribution in [0.15, 0.2) is 61.2 Å². The zero-order chi connectivity index (χ0) is 41.4. The minimum absolute atomic E-state index is 0.227. The average Bonchev–Trinajstić information content (AvgIpc) is 3.77. The first kappa shape index (κ1) is 43.5. The fraction of sp³-hybridized carbons (Fsp3) is 0.333. The molecule has 55 heavy (non-hydrogen) atoms. The number of piperazine rings is 1. The van der Waals surface area contributed by atoms with Gasteiger partial charge in [0, 0.05) is 55.6 Å². The van der Waals surface area contributed by atoms with Crippen LogP contribution < -0.4 is 14.1 Å². The van der Waals surface area contributed by atoms with Crippen molar-refractivity contribution < 1.29 is 77.6 Å². The molecule has 0 saturated carbocycles. The van der Waals surface area contributed by atoms with Crippen molar-refractivity contribution in [2.45, 2.75) is 24.9 Å². The van der Waals surface area contributed by atoms with Gasteiger partial charge in [0.15, 0.2) is 0 Å². The van der Waals surface area contributed by atoms with Gasteiger partial charge in [-0.15, -0.1) is 0 Å². The fourth-order valence-corrected chi connectivity index (χ4v) is 6.39. The number of nitrogens with one attached hydrogen (secondary N) is 1. The van der Waals surface area contributed by atoms with E-state index in [0.29, 0.717) is 13.0 Å². The number of sulfonamides is 1. The van der Waals surface area contributed by atoms with Gasteiger partial charge >= 0.3 is 36.4 Å². The molecule has 0 unspecified atom stereocenters. The van der Waals surface area contributed by atoms with E-state index >= 15 is 0 Å². The topological polar surface area (TPSA) is 210 Å². The third-order valence-corrected chi connectivity index (χ3v) is 9.20. The number of hydrogen-bond acceptors (Lipinski definition) is 10. The summed E-state index contributed by atoms with van der Waals surface area (Å²) in [6, 6.07) is 14.1. The normalized spacial score (nSPS) is 15.5. The number of carboxylic acid groups (broad SMARTS) is 3. The lowest BCUT2D eigenvalue weighted by Crippen LogP contribution is -2.47. The summed E-state index contributed by atoms with van der Waals surface area (Å²) < 4.78 is 121. The second kappa shape index (κ2) is 17.5. The number of rotatable bonds is 4. The van der Waals surface area contributed by atoms with E-state index in [4.69, 9.17) is 29.7 Å². The maximum atomic E-state index is 12.3. The maximum absolute atomic E-state index is 12.3. The molecule has 2 aromatic heterocycles. The van der Waals surface area contributed by atoms with Crippen LogP contribution in [-0.4, -0.2) is 119 Å². The number of carboxylic acids is 3. The second-order valence-corrected chi connectivity index (χ2v) is 13.1. The first-order valence-corrected chi connectivity index (χ1v) is 16.8. The molecule has 300 valence electrons. The number of halogens is 9. The first-order valence-electron chi connectivity index (χ1n) is 15.2. The summed E-state index contributed by atoms with van der Waals surface area (Å²) in [7, 11) is -3.19. The Balaban J connectivity index is 0.000000318. The van der Waals surface area contributed by atoms with Crippen LogP contribution in [0.25, 0.3) is 22.0 Å². The SMILES string of the molecule is O=C(O)C(F)(F)F.O=C(O)C(F)(F)F.O=C(O)C(F)(F)F.O=S1(=O)CCCN1c1cccc(N2CCN(c3ncnc4ccc(-c5cn[nH]c5)cc34)CC2)c1. The van der Waals surface area contributed by atoms with E-state index < -0.39 is 46.5 Å². The van der Waals surface area contributed by atoms with Crippen molar-refractivity contribution in [3.05, 3.63) is 61.2 Å². The molecule has 2 fully saturated rings. The molecule has 15 nitrogen and oxygen atoms in total. The van der Waals surface area contributed by atoms with Crippen molar-refractivity contribution in [1.82, 2.24) is 20.2 Å². The van der Waals surface area contributed by atoms with Crippen LogP contribution in [0.5, 0.6) is 0 Å². The standard InChI is InChI=1S/C24H25N7O2S.3C2HF3O2/c32-34(33)12-2-7-31(34)21-4-1-3-20(14-21)29-8-10-30(11-9-29)24-22-13-18(19-15-27-28-16-19)5-6-23(22)25-17-26-24;3*3-2(4,5)1(6)7/h1,3-6,13-17H,2,7-12H2,(H,27,28);3*(H,6,7). The Kier molecular flexibility index (Phi) is 13.9. The number of aliphatic carboxylic acids is 3. The van der Waals surface area contributed by atoms with Gasteiger partial charge in [-0.05, 0) is 42.3 Å². The summed E-state index contributed by atoms with van der Waals surface area (Å²) in [6.07, 6.45) is -9.25. The van der Waals surface area contributed by atoms with Gasteiger partial charge in [0.2, 0.25) is 10.0 Å². The van der Waals surface area contributed by atoms with Gasteiger partial charge in [-0.25, -0.2) is 32.8 Å². The van der Waals surface area contributed by atoms with Gasteiger partial charge in [0.25, 0.3) is 0 Å². The van der Waals surface area contributed by atoms with Gasteiger partial charge in [-0.2, -0.15) is 44.6 Å². The van der Waals surface area contributed by atoms with E-state index in [1.165, 1.54) is 4.31 Å². The molecule has 4 N–H and O–H groups in total. The monoisotopic (exact) mass is 817 g/mol. The van der Waals surface area contributed by atoms with Gasteiger partial charge in [0.05, 0.1) is 23.2 Å². The number of carbonyl (C=O) groups is 3. The van der Waals surface area contributed by atoms with Crippen molar-refractivity contribution in [2.75, 3.05) is 52.6 Å². The fourth-order valence-electron chi connectivity index (χ4n) is 4.83. The van der Waals surface area contributed by atoms with Gasteiger partial charge in [0.1, 0.15) is 12.1 Å². The summed E-state index contributed by atoms with van der Waals surface area (Å²) in [5.41, 5.74) is 4.82. The van der Waals surface area contributed by atoms with Crippen LogP contribution in [-0.2, 0) is 24.4 Å². The summed E-state index contributed by atoms with van der Waals surface area (Å²) in [6.45, 7) is 3.83. The molecular weight excluding hydrogens is 789 g/mol. The predicted molar refractivity (Wildman–Crippen MR) is 175 cm³/mol. The van der Waals surface area contributed by atoms with Crippen molar-refractivity contribution in [3.63, 3.8) is 0 Å². The zero-order valence-corrected chi connectivity index (χ0v) is 28.4. The smallest absolute Gasteiger partial charge is 0.475 e. The molecule has 2 aliphatic rings. The Morgan fingerprint density at radius 2 is 1.22 bits per heavy atom. The quantitative estimate of drug-likeness (QED) is 0.205. The summed E-state index contributed by atoms with van der Waals surface area (Å²) in [5, 5.41) is 29.3. The highest BCUT2D eigenvalue weighted by molar-refractivity contribution is 7.93. The number of fused-ring (bicyclic) bond motifs is 1. The van der Waals surface area contributed by atoms with Crippen molar-refractivity contribution in [3.8, 4) is 11.1 Å². The molecule has 0 radical (unpaired) electrons. The van der Waals surface area contributed by atoms with Gasteiger partial charge in [-0.1, -0.05) is 12.1 Å². The molecule has 0 aliphatic carbocycles. The lowest BCUT2D eigenvalue weighted by atomic mass is 10.1. The Hall–Kier alpha value is -5.88. The lowest BCUT2D eigenvalue weighted by molar-refractivity contribution is -0.193. The molecule has 0 bridgehead atoms. The maximum Gasteiger partial charge on any atom is 0.490 e. The average molecular weight is 818 g/mol. The van der Waals surface area contributed by atoms with Crippen molar-refractivity contribution >= 4 is 56.0 Å². The molecule has 0 amide bonds. The Morgan fingerprint density at radius 1 is 0.691 bits per heavy atom. The molecule has 4 aromatic rings. The van der Waals surface area contributed by atoms with Gasteiger partial charge < -0.3 is 25.1 Å². The zero-order valence-electron chi connectivity index (χ0n) is 27.6. The molecule has 0 spiro atoms. The number of aromatic nitrogens is 4. The van der Waals surface area contributed by atoms with E-state index in [1.807, 2.05) is 36.7 Å². The van der Waals surface area contributed by atoms with Crippen LogP contribution in [0.4, 0.5) is 56.7 Å². The predicted octanol–water partition coefficient (Wildman–Crippen LogP) is 4.79. The third kappa shape index (κ3) is 12.3. The highest BCUT2D eigenvalue weighted by Gasteiger charge is 2.39. The second-order valence-electron chi connectivity index (χ2n) is 11.1. The Labute approximate surface area is 303 Å². The van der Waals surface area contributed by atoms with Crippen LogP contribution in [0.1, 0.15) is 6.42 Å². The van der Waals surface area contributed by atoms with E-state index in [0.717, 1.165) is 65.4 Å². The minimum atomic E-state index is -5.08. The first-order chi connectivity index (χ1) is 25.4. The largest absolute Gasteiger partial charge is 0.490 e. The molecule has 0 atom stereocenters. The Bertz CT molecular complexity index is 2000. The van der Waals surface area contributed by atoms with Crippen molar-refractivity contribution in [2.24, 2.45) is 0 Å². The van der Waals surface area contributed by atoms with E-state index in [-0.39, 0.29) is 5.75 Å². The Morgan fingerprint density at radius 3 is 1.69 bits per heavy atom. The van der Waals surface area contributed by atoms with Crippen LogP contribution >= 0.6 is 0 Å². The molecule has 4 heterocycles. The molecule has 25 heteroatoms. The highest BCUT2D eigenvalue weighted by atomic mass is 32.2. The van der Waals surface area contributed by atoms with Crippen LogP contribution in [0, 0.1) is 0 Å². The number of anilines is 3. The summed E-state index contributed by atoms with van der Waals surface area (Å²) in [5.74, 6) is -7.11. The van der Waals surface area contributed by atoms with E-state index in [2.05, 4.69) is 48.2 Å². The molecular formula is C30H28F9N7O8S. The molecule has 2 saturated heterocycles. The molecule has 2 aliphatic heterocycles. The van der Waals surface area contributed by atoms with Crippen LogP contribution in [0.2, 0.25) is 0 Å². The number of alkyl halides is 9. The highest BCUT2D eigenvalue weighted by Crippen LogP contribution is 2.31. The van der Waals surface area contributed by atoms with Crippen LogP contribution in [0.3, 0.4) is 0 Å². The van der Waals surface area contributed by atoms with E-state index in [9.17, 15) is 47.9 Å². The summed E-state index contributed by atoms with van der Waals surface area (Å²) >= 11 is 0. The molecule has 2 aromatic carbocycles. The number of aromatic amines is 1. The molecule has 6 rings (SSSR count). The number of benzene rings is 2. The third-order valence-electron chi connectivity index (χ3n) is 7.33.